The number of anilines is 1. The Balaban J connectivity index is 1.48. The molecular formula is C20H35N5. The van der Waals surface area contributed by atoms with Crippen LogP contribution >= 0.6 is 0 Å². The molecule has 1 aromatic heterocycles. The van der Waals surface area contributed by atoms with Crippen LogP contribution in [0, 0.1) is 0 Å². The summed E-state index contributed by atoms with van der Waals surface area (Å²) in [5.41, 5.74) is 1.34. The largest absolute Gasteiger partial charge is 0.354 e. The minimum absolute atomic E-state index is 0.647. The summed E-state index contributed by atoms with van der Waals surface area (Å²) in [6, 6.07) is 5.80. The molecular weight excluding hydrogens is 310 g/mol. The SMILES string of the molecule is CC(C)N1CCN(Cc2ccc(N3CCN(C(C)C)CC3)nc2)CC1. The Hall–Kier alpha value is -1.17. The second-order valence-corrected chi connectivity index (χ2v) is 8.05. The number of nitrogens with zero attached hydrogens (tertiary/aromatic N) is 5. The van der Waals surface area contributed by atoms with Crippen molar-refractivity contribution in [2.45, 2.75) is 46.3 Å². The van der Waals surface area contributed by atoms with E-state index in [9.17, 15) is 0 Å². The van der Waals surface area contributed by atoms with Gasteiger partial charge in [0, 0.05) is 77.2 Å². The van der Waals surface area contributed by atoms with Crippen LogP contribution in [0.1, 0.15) is 33.3 Å². The van der Waals surface area contributed by atoms with E-state index in [1.165, 1.54) is 18.7 Å². The van der Waals surface area contributed by atoms with Gasteiger partial charge in [0.1, 0.15) is 5.82 Å². The maximum absolute atomic E-state index is 4.75. The highest BCUT2D eigenvalue weighted by Crippen LogP contribution is 2.16. The van der Waals surface area contributed by atoms with Gasteiger partial charge in [-0.2, -0.15) is 0 Å². The van der Waals surface area contributed by atoms with Crippen molar-refractivity contribution in [3.05, 3.63) is 23.9 Å². The van der Waals surface area contributed by atoms with Crippen molar-refractivity contribution in [3.8, 4) is 0 Å². The maximum atomic E-state index is 4.75. The minimum atomic E-state index is 0.647. The zero-order valence-electron chi connectivity index (χ0n) is 16.5. The lowest BCUT2D eigenvalue weighted by molar-refractivity contribution is 0.104. The molecule has 0 spiro atoms. The number of piperazine rings is 2. The average Bonchev–Trinajstić information content (AvgIpc) is 2.63. The third kappa shape index (κ3) is 4.93. The number of aromatic nitrogens is 1. The second kappa shape index (κ2) is 8.47. The molecule has 0 bridgehead atoms. The number of hydrogen-bond donors (Lipinski definition) is 0. The van der Waals surface area contributed by atoms with Crippen molar-refractivity contribution in [2.24, 2.45) is 0 Å². The Bertz CT molecular complexity index is 511. The van der Waals surface area contributed by atoms with E-state index in [1.54, 1.807) is 0 Å². The zero-order valence-corrected chi connectivity index (χ0v) is 16.5. The molecule has 2 saturated heterocycles. The summed E-state index contributed by atoms with van der Waals surface area (Å²) >= 11 is 0. The fourth-order valence-corrected chi connectivity index (χ4v) is 3.86. The number of rotatable bonds is 5. The maximum Gasteiger partial charge on any atom is 0.128 e. The average molecular weight is 346 g/mol. The molecule has 25 heavy (non-hydrogen) atoms. The summed E-state index contributed by atoms with van der Waals surface area (Å²) in [5.74, 6) is 1.14. The summed E-state index contributed by atoms with van der Waals surface area (Å²) in [6.07, 6.45) is 2.08. The Labute approximate surface area is 153 Å². The van der Waals surface area contributed by atoms with E-state index in [-0.39, 0.29) is 0 Å². The van der Waals surface area contributed by atoms with Gasteiger partial charge in [-0.3, -0.25) is 14.7 Å². The van der Waals surface area contributed by atoms with Gasteiger partial charge in [-0.1, -0.05) is 6.07 Å². The van der Waals surface area contributed by atoms with Crippen molar-refractivity contribution in [2.75, 3.05) is 57.3 Å². The lowest BCUT2D eigenvalue weighted by Crippen LogP contribution is -2.49. The van der Waals surface area contributed by atoms with Crippen LogP contribution in [0.4, 0.5) is 5.82 Å². The molecule has 2 fully saturated rings. The van der Waals surface area contributed by atoms with Crippen LogP contribution in [-0.4, -0.2) is 84.1 Å². The smallest absolute Gasteiger partial charge is 0.128 e. The van der Waals surface area contributed by atoms with Crippen LogP contribution in [0.2, 0.25) is 0 Å². The quantitative estimate of drug-likeness (QED) is 0.815. The predicted molar refractivity (Wildman–Crippen MR) is 105 cm³/mol. The fraction of sp³-hybridized carbons (Fsp3) is 0.750. The van der Waals surface area contributed by atoms with E-state index in [4.69, 9.17) is 4.98 Å². The summed E-state index contributed by atoms with van der Waals surface area (Å²) in [4.78, 5) is 14.8. The van der Waals surface area contributed by atoms with Gasteiger partial charge < -0.3 is 4.90 Å². The lowest BCUT2D eigenvalue weighted by Gasteiger charge is -2.38. The van der Waals surface area contributed by atoms with Crippen molar-refractivity contribution >= 4 is 5.82 Å². The lowest BCUT2D eigenvalue weighted by atomic mass is 10.2. The summed E-state index contributed by atoms with van der Waals surface area (Å²) in [7, 11) is 0. The number of hydrogen-bond acceptors (Lipinski definition) is 5. The molecule has 0 amide bonds. The topological polar surface area (TPSA) is 25.9 Å². The molecule has 3 heterocycles. The molecule has 5 heteroatoms. The van der Waals surface area contributed by atoms with Crippen LogP contribution in [0.3, 0.4) is 0 Å². The van der Waals surface area contributed by atoms with E-state index in [1.807, 2.05) is 0 Å². The number of pyridine rings is 1. The van der Waals surface area contributed by atoms with Gasteiger partial charge in [-0.15, -0.1) is 0 Å². The molecule has 140 valence electrons. The third-order valence-corrected chi connectivity index (χ3v) is 5.72. The molecule has 0 atom stereocenters. The van der Waals surface area contributed by atoms with E-state index in [0.29, 0.717) is 12.1 Å². The first-order chi connectivity index (χ1) is 12.0. The Morgan fingerprint density at radius 2 is 1.36 bits per heavy atom. The van der Waals surface area contributed by atoms with Gasteiger partial charge in [0.2, 0.25) is 0 Å². The summed E-state index contributed by atoms with van der Waals surface area (Å²) < 4.78 is 0. The molecule has 0 aromatic carbocycles. The van der Waals surface area contributed by atoms with Crippen LogP contribution in [0.5, 0.6) is 0 Å². The molecule has 0 N–H and O–H groups in total. The van der Waals surface area contributed by atoms with Crippen LogP contribution in [0.25, 0.3) is 0 Å². The second-order valence-electron chi connectivity index (χ2n) is 8.05. The van der Waals surface area contributed by atoms with E-state index < -0.39 is 0 Å². The van der Waals surface area contributed by atoms with Crippen LogP contribution < -0.4 is 4.90 Å². The molecule has 3 rings (SSSR count). The highest BCUT2D eigenvalue weighted by atomic mass is 15.3. The van der Waals surface area contributed by atoms with Gasteiger partial charge >= 0.3 is 0 Å². The Kier molecular flexibility index (Phi) is 6.31. The third-order valence-electron chi connectivity index (χ3n) is 5.72. The van der Waals surface area contributed by atoms with Crippen molar-refractivity contribution in [1.82, 2.24) is 19.7 Å². The van der Waals surface area contributed by atoms with Crippen molar-refractivity contribution < 1.29 is 0 Å². The van der Waals surface area contributed by atoms with Gasteiger partial charge in [0.15, 0.2) is 0 Å². The fourth-order valence-electron chi connectivity index (χ4n) is 3.86. The van der Waals surface area contributed by atoms with Crippen molar-refractivity contribution in [1.29, 1.82) is 0 Å². The predicted octanol–water partition coefficient (Wildman–Crippen LogP) is 2.14. The molecule has 0 aliphatic carbocycles. The summed E-state index contributed by atoms with van der Waals surface area (Å²) in [6.45, 7) is 19.3. The van der Waals surface area contributed by atoms with E-state index in [2.05, 4.69) is 65.6 Å². The highest BCUT2D eigenvalue weighted by Gasteiger charge is 2.21. The first-order valence-electron chi connectivity index (χ1n) is 9.93. The van der Waals surface area contributed by atoms with E-state index >= 15 is 0 Å². The Morgan fingerprint density at radius 1 is 0.800 bits per heavy atom. The Morgan fingerprint density at radius 3 is 1.84 bits per heavy atom. The molecule has 2 aliphatic rings. The monoisotopic (exact) mass is 345 g/mol. The van der Waals surface area contributed by atoms with Gasteiger partial charge in [0.25, 0.3) is 0 Å². The van der Waals surface area contributed by atoms with Gasteiger partial charge in [0.05, 0.1) is 0 Å². The standard InChI is InChI=1S/C20H35N5/c1-17(2)23-9-7-22(8-10-23)16-19-5-6-20(21-15-19)25-13-11-24(12-14-25)18(3)4/h5-6,15,17-18H,7-14,16H2,1-4H3. The van der Waals surface area contributed by atoms with Gasteiger partial charge in [-0.05, 0) is 39.3 Å². The molecule has 5 nitrogen and oxygen atoms in total. The van der Waals surface area contributed by atoms with Crippen LogP contribution in [-0.2, 0) is 6.54 Å². The molecule has 1 aromatic rings. The first-order valence-corrected chi connectivity index (χ1v) is 9.93. The molecule has 0 radical (unpaired) electrons. The minimum Gasteiger partial charge on any atom is -0.354 e. The molecule has 2 aliphatic heterocycles. The van der Waals surface area contributed by atoms with Crippen LogP contribution in [0.15, 0.2) is 18.3 Å². The summed E-state index contributed by atoms with van der Waals surface area (Å²) in [5, 5.41) is 0. The zero-order chi connectivity index (χ0) is 17.8. The van der Waals surface area contributed by atoms with Crippen molar-refractivity contribution in [3.63, 3.8) is 0 Å². The van der Waals surface area contributed by atoms with Gasteiger partial charge in [-0.25, -0.2) is 4.98 Å². The van der Waals surface area contributed by atoms with E-state index in [0.717, 1.165) is 51.6 Å². The first kappa shape index (κ1) is 18.6. The molecule has 0 saturated carbocycles. The molecule has 0 unspecified atom stereocenters. The normalized spacial score (nSPS) is 21.4. The highest BCUT2D eigenvalue weighted by molar-refractivity contribution is 5.40.